The van der Waals surface area contributed by atoms with Crippen molar-refractivity contribution >= 4 is 45.5 Å². The standard InChI is InChI=1S/C22H20ClNO7/c1-6-4-11(23)12-7(2)9-5-10-16(24)19(28)13(8(3)25)20(29)22(10,31)21(30)14(9)18(27)15(12)17(6)26/h4,10,13,16,26-27,31H,5,24H2,1-3H3/t10?,13?,16-,22-/m1/s1. The van der Waals surface area contributed by atoms with Crippen LogP contribution in [0.25, 0.3) is 10.8 Å². The predicted molar refractivity (Wildman–Crippen MR) is 110 cm³/mol. The van der Waals surface area contributed by atoms with Crippen LogP contribution in [-0.4, -0.2) is 50.1 Å². The average molecular weight is 446 g/mol. The number of fused-ring (bicyclic) bond motifs is 3. The normalized spacial score (nSPS) is 27.9. The third-order valence-corrected chi connectivity index (χ3v) is 6.97. The summed E-state index contributed by atoms with van der Waals surface area (Å²) in [6, 6.07) is 0.0726. The first kappa shape index (κ1) is 21.4. The number of phenols is 2. The van der Waals surface area contributed by atoms with Gasteiger partial charge in [0, 0.05) is 16.3 Å². The zero-order valence-corrected chi connectivity index (χ0v) is 17.7. The van der Waals surface area contributed by atoms with Crippen LogP contribution in [0.15, 0.2) is 6.07 Å². The summed E-state index contributed by atoms with van der Waals surface area (Å²) in [5, 5.41) is 33.2. The monoisotopic (exact) mass is 445 g/mol. The van der Waals surface area contributed by atoms with Crippen molar-refractivity contribution in [1.29, 1.82) is 0 Å². The molecule has 2 aromatic carbocycles. The first-order chi connectivity index (χ1) is 14.3. The highest BCUT2D eigenvalue weighted by atomic mass is 35.5. The number of nitrogens with two attached hydrogens (primary N) is 1. The number of rotatable bonds is 1. The van der Waals surface area contributed by atoms with Gasteiger partial charge in [-0.25, -0.2) is 0 Å². The Bertz CT molecular complexity index is 1250. The smallest absolute Gasteiger partial charge is 0.206 e. The summed E-state index contributed by atoms with van der Waals surface area (Å²) < 4.78 is 0. The number of carbonyl (C=O) groups is 4. The fraction of sp³-hybridized carbons (Fsp3) is 0.364. The van der Waals surface area contributed by atoms with E-state index in [4.69, 9.17) is 17.3 Å². The molecule has 31 heavy (non-hydrogen) atoms. The largest absolute Gasteiger partial charge is 0.507 e. The minimum atomic E-state index is -2.75. The van der Waals surface area contributed by atoms with Gasteiger partial charge in [0.25, 0.3) is 0 Å². The number of phenolic OH excluding ortho intramolecular Hbond substituents is 2. The summed E-state index contributed by atoms with van der Waals surface area (Å²) in [6.45, 7) is 4.19. The van der Waals surface area contributed by atoms with Crippen molar-refractivity contribution in [3.8, 4) is 11.5 Å². The molecule has 5 N–H and O–H groups in total. The van der Waals surface area contributed by atoms with Crippen LogP contribution >= 0.6 is 11.6 Å². The molecular weight excluding hydrogens is 426 g/mol. The SMILES string of the molecule is CC(=O)C1C(=O)[C@H](N)C2Cc3c(c(O)c4c(O)c(C)cc(Cl)c4c3C)C(=O)[C@]2(O)C1=O. The zero-order chi connectivity index (χ0) is 23.2. The molecule has 2 aliphatic rings. The number of benzene rings is 2. The van der Waals surface area contributed by atoms with E-state index in [-0.39, 0.29) is 33.7 Å². The molecule has 0 aromatic heterocycles. The van der Waals surface area contributed by atoms with Gasteiger partial charge in [-0.3, -0.25) is 19.2 Å². The number of hydrogen-bond donors (Lipinski definition) is 4. The van der Waals surface area contributed by atoms with Crippen molar-refractivity contribution in [2.45, 2.75) is 38.8 Å². The van der Waals surface area contributed by atoms with Gasteiger partial charge in [0.05, 0.1) is 17.0 Å². The topological polar surface area (TPSA) is 155 Å². The fourth-order valence-electron chi connectivity index (χ4n) is 5.00. The third-order valence-electron chi connectivity index (χ3n) is 6.67. The number of aromatic hydroxyl groups is 2. The molecular formula is C22H20ClNO7. The second-order valence-corrected chi connectivity index (χ2v) is 8.75. The minimum absolute atomic E-state index is 0.0802. The molecule has 0 radical (unpaired) electrons. The van der Waals surface area contributed by atoms with E-state index in [0.717, 1.165) is 6.92 Å². The van der Waals surface area contributed by atoms with Crippen LogP contribution < -0.4 is 5.73 Å². The first-order valence-electron chi connectivity index (χ1n) is 9.63. The molecule has 162 valence electrons. The van der Waals surface area contributed by atoms with Gasteiger partial charge in [0.15, 0.2) is 17.2 Å². The molecule has 0 saturated heterocycles. The average Bonchev–Trinajstić information content (AvgIpc) is 2.68. The highest BCUT2D eigenvalue weighted by Gasteiger charge is 2.65. The highest BCUT2D eigenvalue weighted by molar-refractivity contribution is 6.37. The van der Waals surface area contributed by atoms with Gasteiger partial charge in [-0.15, -0.1) is 0 Å². The lowest BCUT2D eigenvalue weighted by Gasteiger charge is -2.46. The zero-order valence-electron chi connectivity index (χ0n) is 16.9. The Hall–Kier alpha value is -2.81. The molecule has 0 aliphatic heterocycles. The van der Waals surface area contributed by atoms with E-state index in [0.29, 0.717) is 16.5 Å². The number of hydrogen-bond acceptors (Lipinski definition) is 8. The number of aryl methyl sites for hydroxylation is 2. The van der Waals surface area contributed by atoms with E-state index in [1.54, 1.807) is 13.8 Å². The Morgan fingerprint density at radius 2 is 1.77 bits per heavy atom. The fourth-order valence-corrected chi connectivity index (χ4v) is 5.40. The maximum atomic E-state index is 13.5. The van der Waals surface area contributed by atoms with Crippen molar-refractivity contribution in [2.24, 2.45) is 17.6 Å². The highest BCUT2D eigenvalue weighted by Crippen LogP contribution is 2.50. The quantitative estimate of drug-likeness (QED) is 0.478. The van der Waals surface area contributed by atoms with E-state index in [9.17, 15) is 34.5 Å². The molecule has 0 bridgehead atoms. The molecule has 0 amide bonds. The van der Waals surface area contributed by atoms with Crippen LogP contribution in [0.2, 0.25) is 5.02 Å². The molecule has 2 aromatic rings. The van der Waals surface area contributed by atoms with Crippen LogP contribution in [-0.2, 0) is 20.8 Å². The maximum absolute atomic E-state index is 13.5. The number of carbonyl (C=O) groups excluding carboxylic acids is 4. The van der Waals surface area contributed by atoms with Crippen molar-refractivity contribution in [3.63, 3.8) is 0 Å². The van der Waals surface area contributed by atoms with Gasteiger partial charge in [-0.1, -0.05) is 11.6 Å². The van der Waals surface area contributed by atoms with E-state index in [1.807, 2.05) is 0 Å². The Kier molecular flexibility index (Phi) is 4.56. The molecule has 2 aliphatic carbocycles. The van der Waals surface area contributed by atoms with E-state index in [2.05, 4.69) is 0 Å². The van der Waals surface area contributed by atoms with Gasteiger partial charge >= 0.3 is 0 Å². The van der Waals surface area contributed by atoms with E-state index < -0.39 is 52.4 Å². The summed E-state index contributed by atoms with van der Waals surface area (Å²) in [5.41, 5.74) is 3.97. The van der Waals surface area contributed by atoms with Crippen molar-refractivity contribution in [2.75, 3.05) is 0 Å². The lowest BCUT2D eigenvalue weighted by atomic mass is 9.58. The molecule has 4 rings (SSSR count). The summed E-state index contributed by atoms with van der Waals surface area (Å²) >= 11 is 6.36. The summed E-state index contributed by atoms with van der Waals surface area (Å²) in [5.74, 6) is -8.16. The van der Waals surface area contributed by atoms with Crippen LogP contribution in [0, 0.1) is 25.7 Å². The molecule has 0 spiro atoms. The summed E-state index contributed by atoms with van der Waals surface area (Å²) in [4.78, 5) is 51.0. The molecule has 9 heteroatoms. The molecule has 1 saturated carbocycles. The molecule has 4 atom stereocenters. The van der Waals surface area contributed by atoms with Crippen LogP contribution in [0.3, 0.4) is 0 Å². The van der Waals surface area contributed by atoms with Gasteiger partial charge in [0.1, 0.15) is 23.2 Å². The molecule has 1 fully saturated rings. The van der Waals surface area contributed by atoms with Crippen molar-refractivity contribution in [1.82, 2.24) is 0 Å². The first-order valence-corrected chi connectivity index (χ1v) is 10.0. The lowest BCUT2D eigenvalue weighted by molar-refractivity contribution is -0.158. The van der Waals surface area contributed by atoms with Crippen LogP contribution in [0.5, 0.6) is 11.5 Å². The maximum Gasteiger partial charge on any atom is 0.206 e. The van der Waals surface area contributed by atoms with Crippen LogP contribution in [0.4, 0.5) is 0 Å². The van der Waals surface area contributed by atoms with Crippen molar-refractivity contribution in [3.05, 3.63) is 33.3 Å². The second-order valence-electron chi connectivity index (χ2n) is 8.34. The minimum Gasteiger partial charge on any atom is -0.507 e. The van der Waals surface area contributed by atoms with Gasteiger partial charge in [-0.2, -0.15) is 0 Å². The van der Waals surface area contributed by atoms with Gasteiger partial charge < -0.3 is 21.1 Å². The molecule has 8 nitrogen and oxygen atoms in total. The van der Waals surface area contributed by atoms with Crippen molar-refractivity contribution < 1.29 is 34.5 Å². The molecule has 2 unspecified atom stereocenters. The Morgan fingerprint density at radius 1 is 1.16 bits per heavy atom. The van der Waals surface area contributed by atoms with E-state index in [1.165, 1.54) is 6.07 Å². The predicted octanol–water partition coefficient (Wildman–Crippen LogP) is 1.29. The lowest BCUT2D eigenvalue weighted by Crippen LogP contribution is -2.70. The number of halogens is 1. The Labute approximate surface area is 181 Å². The summed E-state index contributed by atoms with van der Waals surface area (Å²) in [6.07, 6.45) is -0.179. The van der Waals surface area contributed by atoms with E-state index >= 15 is 0 Å². The Morgan fingerprint density at radius 3 is 2.35 bits per heavy atom. The number of aliphatic hydroxyl groups is 1. The number of ketones is 4. The van der Waals surface area contributed by atoms with Gasteiger partial charge in [0.2, 0.25) is 5.78 Å². The van der Waals surface area contributed by atoms with Crippen LogP contribution in [0.1, 0.15) is 34.0 Å². The second kappa shape index (κ2) is 6.59. The summed E-state index contributed by atoms with van der Waals surface area (Å²) in [7, 11) is 0. The number of Topliss-reactive ketones (excluding diaryl/α,β-unsaturated/α-hetero) is 4. The molecule has 0 heterocycles. The Balaban J connectivity index is 2.09. The third kappa shape index (κ3) is 2.49. The van der Waals surface area contributed by atoms with Gasteiger partial charge in [-0.05, 0) is 49.9 Å².